The van der Waals surface area contributed by atoms with Gasteiger partial charge in [0, 0.05) is 25.7 Å². The molecule has 0 atom stereocenters. The van der Waals surface area contributed by atoms with Crippen molar-refractivity contribution >= 4 is 5.97 Å². The quantitative estimate of drug-likeness (QED) is 0.261. The molecule has 0 saturated carbocycles. The second kappa shape index (κ2) is 36.3. The topological polar surface area (TPSA) is 176 Å². The first-order valence-corrected chi connectivity index (χ1v) is 4.80. The van der Waals surface area contributed by atoms with Gasteiger partial charge in [0.25, 0.3) is 0 Å². The van der Waals surface area contributed by atoms with Crippen molar-refractivity contribution in [1.82, 2.24) is 0 Å². The first-order chi connectivity index (χ1) is 8.01. The Morgan fingerprint density at radius 2 is 1.06 bits per heavy atom. The summed E-state index contributed by atoms with van der Waals surface area (Å²) in [5.41, 5.74) is 14.3. The number of rotatable bonds is 4. The average molecular weight is 255 g/mol. The maximum atomic E-state index is 9.25. The van der Waals surface area contributed by atoms with Crippen LogP contribution in [0.5, 0.6) is 0 Å². The standard InChI is InChI=1S/C3H4O2.3C2H7NO/c1-2-3(4)5;3*3-1-2-4/h2H,1H2,(H,4,5);3*4H,1-3H2. The number of hydrogen-bond acceptors (Lipinski definition) is 7. The molecule has 106 valence electrons. The number of carbonyl (C=O) groups is 1. The maximum Gasteiger partial charge on any atom is 0.327 e. The highest BCUT2D eigenvalue weighted by Crippen LogP contribution is 1.54. The SMILES string of the molecule is C=CC(=O)O.NCCO.NCCO.NCCO. The van der Waals surface area contributed by atoms with Crippen molar-refractivity contribution in [3.05, 3.63) is 12.7 Å². The molecule has 0 aromatic carbocycles. The first-order valence-electron chi connectivity index (χ1n) is 4.80. The molecule has 0 aromatic heterocycles. The number of aliphatic carboxylic acids is 1. The Labute approximate surface area is 101 Å². The van der Waals surface area contributed by atoms with E-state index in [-0.39, 0.29) is 19.8 Å². The third-order valence-electron chi connectivity index (χ3n) is 0.562. The van der Waals surface area contributed by atoms with Gasteiger partial charge in [0.2, 0.25) is 0 Å². The van der Waals surface area contributed by atoms with Crippen molar-refractivity contribution in [2.45, 2.75) is 0 Å². The van der Waals surface area contributed by atoms with Crippen LogP contribution in [0.15, 0.2) is 12.7 Å². The summed E-state index contributed by atoms with van der Waals surface area (Å²) < 4.78 is 0. The highest BCUT2D eigenvalue weighted by atomic mass is 16.4. The summed E-state index contributed by atoms with van der Waals surface area (Å²) in [7, 11) is 0. The summed E-state index contributed by atoms with van der Waals surface area (Å²) in [6.07, 6.45) is 0.833. The Morgan fingerprint density at radius 3 is 1.06 bits per heavy atom. The van der Waals surface area contributed by atoms with Gasteiger partial charge in [-0.2, -0.15) is 0 Å². The van der Waals surface area contributed by atoms with Crippen LogP contribution in [0.25, 0.3) is 0 Å². The molecule has 0 amide bonds. The van der Waals surface area contributed by atoms with E-state index >= 15 is 0 Å². The first kappa shape index (κ1) is 25.0. The third-order valence-corrected chi connectivity index (χ3v) is 0.562. The van der Waals surface area contributed by atoms with E-state index in [1.54, 1.807) is 0 Å². The summed E-state index contributed by atoms with van der Waals surface area (Å²) in [6, 6.07) is 0. The van der Waals surface area contributed by atoms with Gasteiger partial charge in [-0.05, 0) is 0 Å². The maximum absolute atomic E-state index is 9.25. The van der Waals surface area contributed by atoms with Crippen molar-refractivity contribution in [3.8, 4) is 0 Å². The highest BCUT2D eigenvalue weighted by molar-refractivity contribution is 5.78. The van der Waals surface area contributed by atoms with Gasteiger partial charge in [0.1, 0.15) is 0 Å². The molecule has 0 aromatic rings. The lowest BCUT2D eigenvalue weighted by atomic mass is 10.7. The zero-order chi connectivity index (χ0) is 14.5. The molecule has 0 saturated heterocycles. The average Bonchev–Trinajstić information content (AvgIpc) is 2.39. The molecule has 0 radical (unpaired) electrons. The third kappa shape index (κ3) is 160. The molecule has 8 nitrogen and oxygen atoms in total. The van der Waals surface area contributed by atoms with Gasteiger partial charge in [-0.15, -0.1) is 0 Å². The molecule has 10 N–H and O–H groups in total. The van der Waals surface area contributed by atoms with Gasteiger partial charge in [-0.3, -0.25) is 0 Å². The molecule has 0 spiro atoms. The Morgan fingerprint density at radius 1 is 0.941 bits per heavy atom. The van der Waals surface area contributed by atoms with Gasteiger partial charge in [0.15, 0.2) is 0 Å². The van der Waals surface area contributed by atoms with Crippen molar-refractivity contribution < 1.29 is 25.2 Å². The van der Waals surface area contributed by atoms with E-state index in [4.69, 9.17) is 37.6 Å². The van der Waals surface area contributed by atoms with Crippen LogP contribution in [0.3, 0.4) is 0 Å². The fourth-order valence-electron chi connectivity index (χ4n) is 0. The fraction of sp³-hybridized carbons (Fsp3) is 0.667. The van der Waals surface area contributed by atoms with Crippen LogP contribution in [-0.2, 0) is 4.79 Å². The van der Waals surface area contributed by atoms with E-state index in [0.717, 1.165) is 6.08 Å². The number of hydrogen-bond donors (Lipinski definition) is 7. The highest BCUT2D eigenvalue weighted by Gasteiger charge is 1.73. The molecular weight excluding hydrogens is 230 g/mol. The number of nitrogens with two attached hydrogens (primary N) is 3. The van der Waals surface area contributed by atoms with E-state index in [1.165, 1.54) is 0 Å². The van der Waals surface area contributed by atoms with Crippen molar-refractivity contribution in [3.63, 3.8) is 0 Å². The molecule has 8 heteroatoms. The minimum atomic E-state index is -0.981. The predicted molar refractivity (Wildman–Crippen MR) is 66.3 cm³/mol. The van der Waals surface area contributed by atoms with Gasteiger partial charge >= 0.3 is 5.97 Å². The van der Waals surface area contributed by atoms with Gasteiger partial charge in [0.05, 0.1) is 19.8 Å². The van der Waals surface area contributed by atoms with E-state index in [0.29, 0.717) is 19.6 Å². The molecule has 0 aliphatic heterocycles. The van der Waals surface area contributed by atoms with Crippen LogP contribution in [0.4, 0.5) is 0 Å². The van der Waals surface area contributed by atoms with Crippen molar-refractivity contribution in [2.24, 2.45) is 17.2 Å². The molecular formula is C9H25N3O5. The predicted octanol–water partition coefficient (Wildman–Crippen LogP) is -2.93. The molecule has 0 aliphatic carbocycles. The van der Waals surface area contributed by atoms with Gasteiger partial charge in [-0.25, -0.2) is 4.79 Å². The fourth-order valence-corrected chi connectivity index (χ4v) is 0. The van der Waals surface area contributed by atoms with E-state index < -0.39 is 5.97 Å². The summed E-state index contributed by atoms with van der Waals surface area (Å²) in [5.74, 6) is -0.981. The summed E-state index contributed by atoms with van der Waals surface area (Å²) in [4.78, 5) is 9.25. The second-order valence-corrected chi connectivity index (χ2v) is 2.08. The van der Waals surface area contributed by atoms with E-state index in [9.17, 15) is 4.79 Å². The molecule has 0 bridgehead atoms. The number of aliphatic hydroxyl groups is 3. The summed E-state index contributed by atoms with van der Waals surface area (Å²) in [6.45, 7) is 4.38. The Kier molecular flexibility index (Phi) is 53.4. The number of carboxylic acids is 1. The van der Waals surface area contributed by atoms with E-state index in [1.807, 2.05) is 0 Å². The van der Waals surface area contributed by atoms with Gasteiger partial charge < -0.3 is 37.6 Å². The van der Waals surface area contributed by atoms with Crippen LogP contribution >= 0.6 is 0 Å². The Bertz CT molecular complexity index is 120. The largest absolute Gasteiger partial charge is 0.478 e. The zero-order valence-electron chi connectivity index (χ0n) is 9.96. The minimum Gasteiger partial charge on any atom is -0.478 e. The lowest BCUT2D eigenvalue weighted by molar-refractivity contribution is -0.131. The monoisotopic (exact) mass is 255 g/mol. The number of aliphatic hydroxyl groups excluding tert-OH is 3. The van der Waals surface area contributed by atoms with E-state index in [2.05, 4.69) is 6.58 Å². The molecule has 0 fully saturated rings. The molecule has 0 rings (SSSR count). The van der Waals surface area contributed by atoms with Crippen molar-refractivity contribution in [1.29, 1.82) is 0 Å². The van der Waals surface area contributed by atoms with Crippen LogP contribution in [0, 0.1) is 0 Å². The summed E-state index contributed by atoms with van der Waals surface area (Å²) in [5, 5.41) is 30.9. The molecule has 0 aliphatic rings. The lowest BCUT2D eigenvalue weighted by Crippen LogP contribution is -2.02. The van der Waals surface area contributed by atoms with Crippen LogP contribution < -0.4 is 17.2 Å². The molecule has 0 unspecified atom stereocenters. The zero-order valence-corrected chi connectivity index (χ0v) is 9.96. The lowest BCUT2D eigenvalue weighted by Gasteiger charge is -1.71. The van der Waals surface area contributed by atoms with Crippen LogP contribution in [0.2, 0.25) is 0 Å². The smallest absolute Gasteiger partial charge is 0.327 e. The second-order valence-electron chi connectivity index (χ2n) is 2.08. The Hall–Kier alpha value is -1.03. The summed E-state index contributed by atoms with van der Waals surface area (Å²) >= 11 is 0. The van der Waals surface area contributed by atoms with Gasteiger partial charge in [-0.1, -0.05) is 6.58 Å². The van der Waals surface area contributed by atoms with Crippen molar-refractivity contribution in [2.75, 3.05) is 39.5 Å². The Balaban J connectivity index is -0.0000000667. The van der Waals surface area contributed by atoms with Crippen LogP contribution in [-0.4, -0.2) is 65.9 Å². The molecule has 0 heterocycles. The van der Waals surface area contributed by atoms with Crippen LogP contribution in [0.1, 0.15) is 0 Å². The number of carboxylic acid groups (broad SMARTS) is 1. The normalized spacial score (nSPS) is 7.18. The minimum absolute atomic E-state index is 0.0972. The molecule has 17 heavy (non-hydrogen) atoms.